The summed E-state index contributed by atoms with van der Waals surface area (Å²) in [6.45, 7) is 2.94. The Kier molecular flexibility index (Phi) is 4.30. The number of hydrogen-bond donors (Lipinski definition) is 0. The number of ether oxygens (including phenoxy) is 1. The number of benzene rings is 1. The lowest BCUT2D eigenvalue weighted by Gasteiger charge is -2.19. The Balaban J connectivity index is 2.37. The van der Waals surface area contributed by atoms with E-state index in [0.29, 0.717) is 0 Å². The van der Waals surface area contributed by atoms with Crippen molar-refractivity contribution < 1.29 is 24.0 Å². The van der Waals surface area contributed by atoms with E-state index in [1.165, 1.54) is 25.3 Å². The van der Waals surface area contributed by atoms with E-state index in [9.17, 15) is 24.5 Å². The Hall–Kier alpha value is -2.97. The van der Waals surface area contributed by atoms with Crippen LogP contribution in [-0.4, -0.2) is 45.7 Å². The van der Waals surface area contributed by atoms with Crippen molar-refractivity contribution in [2.75, 3.05) is 7.11 Å². The zero-order chi connectivity index (χ0) is 17.3. The number of non-ortho nitro benzene ring substituents is 1. The van der Waals surface area contributed by atoms with Crippen molar-refractivity contribution >= 4 is 23.5 Å². The average Bonchev–Trinajstić information content (AvgIpc) is 2.70. The molecule has 1 heterocycles. The first-order valence-corrected chi connectivity index (χ1v) is 6.78. The summed E-state index contributed by atoms with van der Waals surface area (Å²) in [5.74, 6) is -1.58. The van der Waals surface area contributed by atoms with Crippen LogP contribution in [0.3, 0.4) is 0 Å². The predicted octanol–water partition coefficient (Wildman–Crippen LogP) is 1.30. The van der Waals surface area contributed by atoms with Gasteiger partial charge in [-0.3, -0.25) is 29.5 Å². The van der Waals surface area contributed by atoms with E-state index in [1.807, 2.05) is 0 Å². The van der Waals surface area contributed by atoms with E-state index in [1.54, 1.807) is 13.8 Å². The highest BCUT2D eigenvalue weighted by atomic mass is 16.6. The molecule has 2 rings (SSSR count). The first kappa shape index (κ1) is 16.4. The fourth-order valence-electron chi connectivity index (χ4n) is 2.29. The van der Waals surface area contributed by atoms with Gasteiger partial charge in [0.1, 0.15) is 5.75 Å². The first-order chi connectivity index (χ1) is 10.8. The van der Waals surface area contributed by atoms with Crippen LogP contribution in [0.2, 0.25) is 0 Å². The van der Waals surface area contributed by atoms with Crippen molar-refractivity contribution in [1.82, 2.24) is 9.80 Å². The zero-order valence-electron chi connectivity index (χ0n) is 12.8. The normalized spacial score (nSPS) is 14.9. The Labute approximate surface area is 131 Å². The van der Waals surface area contributed by atoms with Crippen LogP contribution >= 0.6 is 0 Å². The molecule has 1 aliphatic heterocycles. The molecule has 0 N–H and O–H groups in total. The number of nitro groups is 1. The number of carbonyl (C=O) groups is 3. The summed E-state index contributed by atoms with van der Waals surface area (Å²) in [5, 5.41) is 10.9. The van der Waals surface area contributed by atoms with E-state index in [2.05, 4.69) is 0 Å². The highest BCUT2D eigenvalue weighted by Crippen LogP contribution is 2.27. The Morgan fingerprint density at radius 1 is 1.22 bits per heavy atom. The fraction of sp³-hybridized carbons (Fsp3) is 0.357. The van der Waals surface area contributed by atoms with E-state index < -0.39 is 28.8 Å². The molecule has 9 heteroatoms. The van der Waals surface area contributed by atoms with Crippen molar-refractivity contribution in [3.05, 3.63) is 33.9 Å². The molecule has 1 aliphatic rings. The van der Waals surface area contributed by atoms with Gasteiger partial charge in [-0.1, -0.05) is 0 Å². The van der Waals surface area contributed by atoms with Crippen LogP contribution in [0.4, 0.5) is 10.5 Å². The molecule has 1 aromatic carbocycles. The lowest BCUT2D eigenvalue weighted by molar-refractivity contribution is -0.384. The topological polar surface area (TPSA) is 110 Å². The minimum Gasteiger partial charge on any atom is -0.496 e. The van der Waals surface area contributed by atoms with Crippen LogP contribution in [0.1, 0.15) is 19.4 Å². The molecule has 0 saturated carbocycles. The summed E-state index contributed by atoms with van der Waals surface area (Å²) in [6.07, 6.45) is 0. The molecular weight excluding hydrogens is 306 g/mol. The van der Waals surface area contributed by atoms with Crippen LogP contribution < -0.4 is 4.74 Å². The highest BCUT2D eigenvalue weighted by Gasteiger charge is 2.45. The van der Waals surface area contributed by atoms with Gasteiger partial charge in [-0.2, -0.15) is 0 Å². The van der Waals surface area contributed by atoms with E-state index in [4.69, 9.17) is 4.74 Å². The van der Waals surface area contributed by atoms with Crippen LogP contribution in [-0.2, 0) is 16.1 Å². The Morgan fingerprint density at radius 2 is 1.87 bits per heavy atom. The van der Waals surface area contributed by atoms with Gasteiger partial charge < -0.3 is 4.74 Å². The maximum atomic E-state index is 12.2. The summed E-state index contributed by atoms with van der Waals surface area (Å²) in [5.41, 5.74) is 0.0637. The maximum absolute atomic E-state index is 12.2. The van der Waals surface area contributed by atoms with Gasteiger partial charge in [-0.25, -0.2) is 4.79 Å². The molecule has 0 aliphatic carbocycles. The molecule has 1 aromatic rings. The summed E-state index contributed by atoms with van der Waals surface area (Å²) in [6, 6.07) is 2.63. The van der Waals surface area contributed by atoms with E-state index >= 15 is 0 Å². The molecular formula is C14H15N3O6. The molecule has 1 fully saturated rings. The van der Waals surface area contributed by atoms with Gasteiger partial charge in [0.05, 0.1) is 18.6 Å². The summed E-state index contributed by atoms with van der Waals surface area (Å²) in [7, 11) is 1.36. The van der Waals surface area contributed by atoms with Crippen LogP contribution in [0.25, 0.3) is 0 Å². The minimum atomic E-state index is -0.961. The predicted molar refractivity (Wildman–Crippen MR) is 77.6 cm³/mol. The van der Waals surface area contributed by atoms with Gasteiger partial charge in [-0.05, 0) is 19.9 Å². The molecule has 23 heavy (non-hydrogen) atoms. The number of amides is 4. The fourth-order valence-corrected chi connectivity index (χ4v) is 2.29. The monoisotopic (exact) mass is 321 g/mol. The van der Waals surface area contributed by atoms with Crippen LogP contribution in [0.5, 0.6) is 5.75 Å². The lowest BCUT2D eigenvalue weighted by Crippen LogP contribution is -2.37. The van der Waals surface area contributed by atoms with Crippen LogP contribution in [0, 0.1) is 10.1 Å². The average molecular weight is 321 g/mol. The minimum absolute atomic E-state index is 0.202. The van der Waals surface area contributed by atoms with Gasteiger partial charge >= 0.3 is 17.8 Å². The third-order valence-electron chi connectivity index (χ3n) is 3.40. The number of urea groups is 1. The van der Waals surface area contributed by atoms with Crippen molar-refractivity contribution in [1.29, 1.82) is 0 Å². The third kappa shape index (κ3) is 2.85. The maximum Gasteiger partial charge on any atom is 0.334 e. The van der Waals surface area contributed by atoms with Crippen molar-refractivity contribution in [2.45, 2.75) is 26.4 Å². The number of rotatable bonds is 5. The molecule has 0 atom stereocenters. The van der Waals surface area contributed by atoms with Gasteiger partial charge in [0, 0.05) is 23.7 Å². The second-order valence-electron chi connectivity index (χ2n) is 5.20. The number of nitro benzene ring substituents is 1. The number of nitrogens with zero attached hydrogens (tertiary/aromatic N) is 3. The summed E-state index contributed by atoms with van der Waals surface area (Å²) in [4.78, 5) is 48.0. The number of methoxy groups -OCH3 is 1. The van der Waals surface area contributed by atoms with Crippen LogP contribution in [0.15, 0.2) is 18.2 Å². The van der Waals surface area contributed by atoms with E-state index in [-0.39, 0.29) is 23.5 Å². The molecule has 1 saturated heterocycles. The van der Waals surface area contributed by atoms with Gasteiger partial charge in [0.25, 0.3) is 5.69 Å². The van der Waals surface area contributed by atoms with Gasteiger partial charge in [0.15, 0.2) is 0 Å². The molecule has 0 aromatic heterocycles. The quantitative estimate of drug-likeness (QED) is 0.350. The first-order valence-electron chi connectivity index (χ1n) is 6.78. The zero-order valence-corrected chi connectivity index (χ0v) is 12.8. The Bertz CT molecular complexity index is 700. The molecule has 9 nitrogen and oxygen atoms in total. The standard InChI is InChI=1S/C14H15N3O6/c1-8(2)16-13(19)12(18)15(14(16)20)7-9-6-10(17(21)22)4-5-11(9)23-3/h4-6,8H,7H2,1-3H3. The molecule has 0 unspecified atom stereocenters. The SMILES string of the molecule is COc1ccc([N+](=O)[O-])cc1CN1C(=O)C(=O)N(C(C)C)C1=O. The molecule has 122 valence electrons. The largest absolute Gasteiger partial charge is 0.496 e. The van der Waals surface area contributed by atoms with Crippen molar-refractivity contribution in [3.63, 3.8) is 0 Å². The second kappa shape index (κ2) is 6.03. The number of hydrogen-bond acceptors (Lipinski definition) is 6. The lowest BCUT2D eigenvalue weighted by atomic mass is 10.1. The second-order valence-corrected chi connectivity index (χ2v) is 5.20. The number of imide groups is 2. The molecule has 0 spiro atoms. The Morgan fingerprint density at radius 3 is 2.35 bits per heavy atom. The smallest absolute Gasteiger partial charge is 0.334 e. The summed E-state index contributed by atoms with van der Waals surface area (Å²) < 4.78 is 5.09. The highest BCUT2D eigenvalue weighted by molar-refractivity contribution is 6.44. The third-order valence-corrected chi connectivity index (χ3v) is 3.40. The number of carbonyl (C=O) groups excluding carboxylic acids is 3. The van der Waals surface area contributed by atoms with Gasteiger partial charge in [0.2, 0.25) is 0 Å². The molecule has 0 bridgehead atoms. The van der Waals surface area contributed by atoms with Gasteiger partial charge in [-0.15, -0.1) is 0 Å². The van der Waals surface area contributed by atoms with Crippen molar-refractivity contribution in [3.8, 4) is 5.75 Å². The summed E-state index contributed by atoms with van der Waals surface area (Å²) >= 11 is 0. The molecule has 0 radical (unpaired) electrons. The molecule has 4 amide bonds. The van der Waals surface area contributed by atoms with Crippen molar-refractivity contribution in [2.24, 2.45) is 0 Å². The van der Waals surface area contributed by atoms with E-state index in [0.717, 1.165) is 9.80 Å².